The van der Waals surface area contributed by atoms with E-state index in [9.17, 15) is 24.5 Å². The first-order chi connectivity index (χ1) is 12.8. The summed E-state index contributed by atoms with van der Waals surface area (Å²) in [5, 5.41) is 13.1. The van der Waals surface area contributed by atoms with Crippen molar-refractivity contribution in [3.05, 3.63) is 55.0 Å². The number of hydrogen-bond acceptors (Lipinski definition) is 8. The molecule has 0 bridgehead atoms. The summed E-state index contributed by atoms with van der Waals surface area (Å²) in [5.41, 5.74) is 4.45. The number of carbonyl (C=O) groups excluding carboxylic acids is 3. The lowest BCUT2D eigenvalue weighted by Gasteiger charge is -2.07. The zero-order chi connectivity index (χ0) is 20.0. The van der Waals surface area contributed by atoms with E-state index in [-0.39, 0.29) is 17.0 Å². The zero-order valence-corrected chi connectivity index (χ0v) is 15.4. The van der Waals surface area contributed by atoms with Gasteiger partial charge in [0.25, 0.3) is 11.6 Å². The minimum absolute atomic E-state index is 0.00693. The third kappa shape index (κ3) is 6.01. The molecular weight excluding hydrogens is 400 g/mol. The molecule has 0 spiro atoms. The molecule has 12 heteroatoms. The molecular formula is C15H13ClN4O6S. The Bertz CT molecular complexity index is 900. The summed E-state index contributed by atoms with van der Waals surface area (Å²) < 4.78 is 4.74. The number of nitro groups is 1. The number of aryl methyl sites for hydroxylation is 1. The Morgan fingerprint density at radius 1 is 1.30 bits per heavy atom. The maximum Gasteiger partial charge on any atom is 0.338 e. The van der Waals surface area contributed by atoms with Gasteiger partial charge in [0.15, 0.2) is 6.61 Å². The molecule has 0 aliphatic heterocycles. The van der Waals surface area contributed by atoms with Crippen molar-refractivity contribution in [3.63, 3.8) is 0 Å². The molecule has 142 valence electrons. The van der Waals surface area contributed by atoms with Crippen LogP contribution < -0.4 is 10.9 Å². The Hall–Kier alpha value is -3.05. The Balaban J connectivity index is 1.79. The van der Waals surface area contributed by atoms with Gasteiger partial charge in [0.05, 0.1) is 16.9 Å². The molecule has 0 unspecified atom stereocenters. The van der Waals surface area contributed by atoms with Crippen molar-refractivity contribution in [3.8, 4) is 0 Å². The highest BCUT2D eigenvalue weighted by Crippen LogP contribution is 2.25. The molecule has 0 saturated carbocycles. The molecule has 0 aliphatic carbocycles. The zero-order valence-electron chi connectivity index (χ0n) is 13.9. The number of esters is 1. The molecule has 2 amide bonds. The fourth-order valence-electron chi connectivity index (χ4n) is 1.83. The molecule has 0 fully saturated rings. The van der Waals surface area contributed by atoms with Crippen LogP contribution in [-0.2, 0) is 20.7 Å². The van der Waals surface area contributed by atoms with Crippen molar-refractivity contribution in [1.82, 2.24) is 15.8 Å². The van der Waals surface area contributed by atoms with E-state index in [1.54, 1.807) is 12.3 Å². The molecule has 0 atom stereocenters. The van der Waals surface area contributed by atoms with Crippen molar-refractivity contribution in [2.75, 3.05) is 6.61 Å². The summed E-state index contributed by atoms with van der Waals surface area (Å²) >= 11 is 6.97. The normalized spacial score (nSPS) is 10.1. The van der Waals surface area contributed by atoms with Crippen LogP contribution in [0.1, 0.15) is 21.1 Å². The number of nitro benzene ring substituents is 1. The van der Waals surface area contributed by atoms with Gasteiger partial charge in [-0.2, -0.15) is 0 Å². The van der Waals surface area contributed by atoms with Crippen LogP contribution in [0.25, 0.3) is 0 Å². The second-order valence-corrected chi connectivity index (χ2v) is 6.51. The second-order valence-electron chi connectivity index (χ2n) is 5.16. The van der Waals surface area contributed by atoms with E-state index < -0.39 is 35.0 Å². The monoisotopic (exact) mass is 412 g/mol. The predicted molar refractivity (Wildman–Crippen MR) is 95.2 cm³/mol. The molecule has 1 aromatic heterocycles. The fraction of sp³-hybridized carbons (Fsp3) is 0.200. The highest BCUT2D eigenvalue weighted by atomic mass is 35.5. The number of aromatic nitrogens is 1. The quantitative estimate of drug-likeness (QED) is 0.416. The van der Waals surface area contributed by atoms with Crippen molar-refractivity contribution >= 4 is 46.4 Å². The summed E-state index contributed by atoms with van der Waals surface area (Å²) in [6.45, 7) is 1.11. The van der Waals surface area contributed by atoms with Gasteiger partial charge in [-0.25, -0.2) is 9.78 Å². The third-order valence-corrected chi connectivity index (χ3v) is 4.32. The predicted octanol–water partition coefficient (Wildman–Crippen LogP) is 1.56. The number of benzene rings is 1. The molecule has 10 nitrogen and oxygen atoms in total. The topological polar surface area (TPSA) is 141 Å². The number of halogens is 1. The van der Waals surface area contributed by atoms with Crippen LogP contribution in [0.4, 0.5) is 5.69 Å². The minimum atomic E-state index is -0.950. The SMILES string of the molecule is Cc1csc(CC(=O)NNC(=O)COC(=O)c2ccc(Cl)c([N+](=O)[O-])c2)n1. The summed E-state index contributed by atoms with van der Waals surface area (Å²) in [5.74, 6) is -2.22. The molecule has 2 rings (SSSR count). The van der Waals surface area contributed by atoms with Crippen LogP contribution in [0.5, 0.6) is 0 Å². The van der Waals surface area contributed by atoms with Gasteiger partial charge in [0, 0.05) is 17.1 Å². The van der Waals surface area contributed by atoms with Gasteiger partial charge in [0.2, 0.25) is 5.91 Å². The van der Waals surface area contributed by atoms with Gasteiger partial charge in [-0.05, 0) is 19.1 Å². The van der Waals surface area contributed by atoms with Crippen LogP contribution in [-0.4, -0.2) is 34.3 Å². The number of hydrazine groups is 1. The minimum Gasteiger partial charge on any atom is -0.452 e. The lowest BCUT2D eigenvalue weighted by Crippen LogP contribution is -2.44. The maximum atomic E-state index is 11.9. The van der Waals surface area contributed by atoms with Gasteiger partial charge in [-0.3, -0.25) is 30.6 Å². The van der Waals surface area contributed by atoms with E-state index in [1.807, 2.05) is 0 Å². The van der Waals surface area contributed by atoms with Crippen molar-refractivity contribution in [2.24, 2.45) is 0 Å². The van der Waals surface area contributed by atoms with Crippen LogP contribution >= 0.6 is 22.9 Å². The molecule has 2 aromatic rings. The highest BCUT2D eigenvalue weighted by molar-refractivity contribution is 7.09. The van der Waals surface area contributed by atoms with Gasteiger partial charge in [0.1, 0.15) is 10.0 Å². The van der Waals surface area contributed by atoms with Crippen LogP contribution in [0.3, 0.4) is 0 Å². The van der Waals surface area contributed by atoms with Crippen molar-refractivity contribution in [2.45, 2.75) is 13.3 Å². The summed E-state index contributed by atoms with van der Waals surface area (Å²) in [6.07, 6.45) is -0.00693. The molecule has 0 saturated heterocycles. The van der Waals surface area contributed by atoms with Gasteiger partial charge < -0.3 is 4.74 Å². The summed E-state index contributed by atoms with van der Waals surface area (Å²) in [7, 11) is 0. The number of nitrogens with one attached hydrogen (secondary N) is 2. The smallest absolute Gasteiger partial charge is 0.338 e. The van der Waals surface area contributed by atoms with Crippen LogP contribution in [0, 0.1) is 17.0 Å². The van der Waals surface area contributed by atoms with Crippen LogP contribution in [0.15, 0.2) is 23.6 Å². The first-order valence-corrected chi connectivity index (χ1v) is 8.61. The van der Waals surface area contributed by atoms with Gasteiger partial charge in [-0.1, -0.05) is 11.6 Å². The number of carbonyl (C=O) groups is 3. The fourth-order valence-corrected chi connectivity index (χ4v) is 2.79. The highest BCUT2D eigenvalue weighted by Gasteiger charge is 2.18. The second kappa shape index (κ2) is 9.05. The number of thiazole rings is 1. The maximum absolute atomic E-state index is 11.9. The third-order valence-electron chi connectivity index (χ3n) is 3.03. The lowest BCUT2D eigenvalue weighted by atomic mass is 10.2. The van der Waals surface area contributed by atoms with Gasteiger partial charge in [-0.15, -0.1) is 11.3 Å². The lowest BCUT2D eigenvalue weighted by molar-refractivity contribution is -0.384. The Labute approximate surface area is 161 Å². The molecule has 2 N–H and O–H groups in total. The van der Waals surface area contributed by atoms with Crippen molar-refractivity contribution < 1.29 is 24.0 Å². The van der Waals surface area contributed by atoms with E-state index in [0.29, 0.717) is 5.01 Å². The first-order valence-electron chi connectivity index (χ1n) is 7.36. The molecule has 27 heavy (non-hydrogen) atoms. The van der Waals surface area contributed by atoms with Gasteiger partial charge >= 0.3 is 5.97 Å². The average molecular weight is 413 g/mol. The van der Waals surface area contributed by atoms with E-state index in [0.717, 1.165) is 11.8 Å². The van der Waals surface area contributed by atoms with E-state index in [1.165, 1.54) is 23.5 Å². The Morgan fingerprint density at radius 3 is 2.63 bits per heavy atom. The van der Waals surface area contributed by atoms with Crippen molar-refractivity contribution in [1.29, 1.82) is 0 Å². The number of amides is 2. The van der Waals surface area contributed by atoms with E-state index in [4.69, 9.17) is 16.3 Å². The molecule has 0 radical (unpaired) electrons. The van der Waals surface area contributed by atoms with Crippen LogP contribution in [0.2, 0.25) is 5.02 Å². The molecule has 1 aromatic carbocycles. The van der Waals surface area contributed by atoms with E-state index in [2.05, 4.69) is 15.8 Å². The average Bonchev–Trinajstić information content (AvgIpc) is 3.02. The summed E-state index contributed by atoms with van der Waals surface area (Å²) in [6, 6.07) is 3.35. The number of ether oxygens (including phenoxy) is 1. The molecule has 1 heterocycles. The Kier molecular flexibility index (Phi) is 6.79. The molecule has 0 aliphatic rings. The largest absolute Gasteiger partial charge is 0.452 e. The number of nitrogens with zero attached hydrogens (tertiary/aromatic N) is 2. The number of rotatable bonds is 6. The first kappa shape index (κ1) is 20.3. The van der Waals surface area contributed by atoms with E-state index >= 15 is 0 Å². The summed E-state index contributed by atoms with van der Waals surface area (Å²) in [4.78, 5) is 49.3. The number of hydrogen-bond donors (Lipinski definition) is 2. The standard InChI is InChI=1S/C15H13ClN4O6S/c1-8-7-27-14(17-8)5-12(21)18-19-13(22)6-26-15(23)9-2-3-10(16)11(4-9)20(24)25/h2-4,7H,5-6H2,1H3,(H,18,21)(H,19,22). The Morgan fingerprint density at radius 2 is 2.00 bits per heavy atom.